The van der Waals surface area contributed by atoms with Gasteiger partial charge in [-0.15, -0.1) is 0 Å². The molecule has 2 aromatic carbocycles. The Morgan fingerprint density at radius 3 is 2.14 bits per heavy atom. The zero-order valence-corrected chi connectivity index (χ0v) is 10.8. The zero-order chi connectivity index (χ0) is 15.2. The van der Waals surface area contributed by atoms with Crippen LogP contribution in [0.4, 0.5) is 4.39 Å². The molecular weight excluding hydrogens is 275 g/mol. The van der Waals surface area contributed by atoms with Crippen molar-refractivity contribution in [2.75, 3.05) is 0 Å². The van der Waals surface area contributed by atoms with Gasteiger partial charge in [0, 0.05) is 0 Å². The van der Waals surface area contributed by atoms with Crippen molar-refractivity contribution in [2.45, 2.75) is 0 Å². The fraction of sp³-hybridized carbons (Fsp3) is 0. The smallest absolute Gasteiger partial charge is 0.335 e. The molecule has 0 fully saturated rings. The molecule has 0 saturated carbocycles. The van der Waals surface area contributed by atoms with Crippen molar-refractivity contribution in [1.29, 1.82) is 0 Å². The highest BCUT2D eigenvalue weighted by molar-refractivity contribution is 5.89. The van der Waals surface area contributed by atoms with Crippen LogP contribution in [-0.2, 0) is 0 Å². The van der Waals surface area contributed by atoms with Gasteiger partial charge in [-0.05, 0) is 41.5 Å². The van der Waals surface area contributed by atoms with Crippen molar-refractivity contribution in [3.63, 3.8) is 0 Å². The molecule has 0 aliphatic rings. The Kier molecular flexibility index (Phi) is 4.40. The summed E-state index contributed by atoms with van der Waals surface area (Å²) in [6.45, 7) is 0. The highest BCUT2D eigenvalue weighted by Gasteiger charge is 2.00. The molecule has 6 heteroatoms. The molecule has 0 aliphatic heterocycles. The van der Waals surface area contributed by atoms with Crippen molar-refractivity contribution in [2.24, 2.45) is 10.2 Å². The number of aromatic hydroxyl groups is 1. The molecule has 2 rings (SSSR count). The van der Waals surface area contributed by atoms with Crippen LogP contribution >= 0.6 is 0 Å². The van der Waals surface area contributed by atoms with Crippen LogP contribution in [0, 0.1) is 5.82 Å². The standard InChI is InChI=1S/C15H11FN2O3/c16-13-7-11(3-6-14(13)19)9-18-17-8-10-1-4-12(5-2-10)15(20)21/h1-9,19H,(H,20,21)/b17-8+,18-9+. The van der Waals surface area contributed by atoms with Crippen LogP contribution in [0.5, 0.6) is 5.75 Å². The average Bonchev–Trinajstić information content (AvgIpc) is 2.47. The van der Waals surface area contributed by atoms with Gasteiger partial charge in [0.15, 0.2) is 11.6 Å². The predicted octanol–water partition coefficient (Wildman–Crippen LogP) is 2.68. The molecule has 0 aliphatic carbocycles. The molecular formula is C15H11FN2O3. The molecule has 21 heavy (non-hydrogen) atoms. The van der Waals surface area contributed by atoms with Gasteiger partial charge in [0.25, 0.3) is 0 Å². The molecule has 2 aromatic rings. The van der Waals surface area contributed by atoms with Crippen molar-refractivity contribution in [3.8, 4) is 5.75 Å². The number of benzene rings is 2. The van der Waals surface area contributed by atoms with Gasteiger partial charge in [0.05, 0.1) is 18.0 Å². The summed E-state index contributed by atoms with van der Waals surface area (Å²) in [5.74, 6) is -2.15. The second-order valence-corrected chi connectivity index (χ2v) is 4.13. The lowest BCUT2D eigenvalue weighted by Gasteiger charge is -1.95. The number of halogens is 1. The van der Waals surface area contributed by atoms with E-state index >= 15 is 0 Å². The van der Waals surface area contributed by atoms with Gasteiger partial charge in [0.2, 0.25) is 0 Å². The quantitative estimate of drug-likeness (QED) is 0.669. The second kappa shape index (κ2) is 6.42. The fourth-order valence-electron chi connectivity index (χ4n) is 1.52. The van der Waals surface area contributed by atoms with Crippen LogP contribution in [0.25, 0.3) is 0 Å². The van der Waals surface area contributed by atoms with Crippen LogP contribution in [0.15, 0.2) is 52.7 Å². The zero-order valence-electron chi connectivity index (χ0n) is 10.8. The first-order valence-electron chi connectivity index (χ1n) is 5.94. The maximum atomic E-state index is 13.1. The third kappa shape index (κ3) is 3.97. The average molecular weight is 286 g/mol. The van der Waals surface area contributed by atoms with Gasteiger partial charge in [-0.3, -0.25) is 0 Å². The summed E-state index contributed by atoms with van der Waals surface area (Å²) >= 11 is 0. The Labute approximate surface area is 119 Å². The molecule has 5 nitrogen and oxygen atoms in total. The normalized spacial score (nSPS) is 11.3. The maximum Gasteiger partial charge on any atom is 0.335 e. The van der Waals surface area contributed by atoms with Crippen LogP contribution in [0.2, 0.25) is 0 Å². The van der Waals surface area contributed by atoms with E-state index in [1.165, 1.54) is 36.7 Å². The molecule has 0 bridgehead atoms. The first kappa shape index (κ1) is 14.4. The van der Waals surface area contributed by atoms with E-state index in [9.17, 15) is 9.18 Å². The van der Waals surface area contributed by atoms with E-state index in [0.29, 0.717) is 11.1 Å². The summed E-state index contributed by atoms with van der Waals surface area (Å²) in [4.78, 5) is 10.7. The van der Waals surface area contributed by atoms with E-state index in [1.807, 2.05) is 0 Å². The highest BCUT2D eigenvalue weighted by atomic mass is 19.1. The summed E-state index contributed by atoms with van der Waals surface area (Å²) in [5.41, 5.74) is 1.34. The number of phenols is 1. The number of carboxylic acid groups (broad SMARTS) is 1. The lowest BCUT2D eigenvalue weighted by atomic mass is 10.1. The van der Waals surface area contributed by atoms with Crippen LogP contribution < -0.4 is 0 Å². The molecule has 0 unspecified atom stereocenters. The van der Waals surface area contributed by atoms with E-state index in [4.69, 9.17) is 10.2 Å². The maximum absolute atomic E-state index is 13.1. The fourth-order valence-corrected chi connectivity index (χ4v) is 1.52. The molecule has 0 saturated heterocycles. The summed E-state index contributed by atoms with van der Waals surface area (Å²) in [5, 5.41) is 25.3. The summed E-state index contributed by atoms with van der Waals surface area (Å²) < 4.78 is 13.1. The van der Waals surface area contributed by atoms with Crippen LogP contribution in [-0.4, -0.2) is 28.6 Å². The van der Waals surface area contributed by atoms with Gasteiger partial charge in [0.1, 0.15) is 0 Å². The molecule has 106 valence electrons. The van der Waals surface area contributed by atoms with Crippen LogP contribution in [0.1, 0.15) is 21.5 Å². The molecule has 0 radical (unpaired) electrons. The monoisotopic (exact) mass is 286 g/mol. The Morgan fingerprint density at radius 1 is 1.00 bits per heavy atom. The van der Waals surface area contributed by atoms with E-state index in [1.54, 1.807) is 12.1 Å². The lowest BCUT2D eigenvalue weighted by Crippen LogP contribution is -1.95. The Balaban J connectivity index is 2.02. The SMILES string of the molecule is O=C(O)c1ccc(/C=N/N=C/c2ccc(O)c(F)c2)cc1. The largest absolute Gasteiger partial charge is 0.505 e. The van der Waals surface area contributed by atoms with E-state index in [2.05, 4.69) is 10.2 Å². The third-order valence-electron chi connectivity index (χ3n) is 2.61. The number of aromatic carboxylic acids is 1. The molecule has 2 N–H and O–H groups in total. The minimum atomic E-state index is -0.995. The van der Waals surface area contributed by atoms with Crippen molar-refractivity contribution in [1.82, 2.24) is 0 Å². The first-order valence-corrected chi connectivity index (χ1v) is 5.94. The van der Waals surface area contributed by atoms with Crippen LogP contribution in [0.3, 0.4) is 0 Å². The number of nitrogens with zero attached hydrogens (tertiary/aromatic N) is 2. The predicted molar refractivity (Wildman–Crippen MR) is 76.7 cm³/mol. The van der Waals surface area contributed by atoms with E-state index in [-0.39, 0.29) is 5.56 Å². The van der Waals surface area contributed by atoms with Gasteiger partial charge >= 0.3 is 5.97 Å². The van der Waals surface area contributed by atoms with Crippen molar-refractivity contribution in [3.05, 3.63) is 65.0 Å². The minimum Gasteiger partial charge on any atom is -0.505 e. The Hall–Kier alpha value is -3.02. The minimum absolute atomic E-state index is 0.190. The lowest BCUT2D eigenvalue weighted by molar-refractivity contribution is 0.0697. The summed E-state index contributed by atoms with van der Waals surface area (Å²) in [6, 6.07) is 9.98. The topological polar surface area (TPSA) is 82.2 Å². The van der Waals surface area contributed by atoms with E-state index < -0.39 is 17.5 Å². The van der Waals surface area contributed by atoms with Gasteiger partial charge < -0.3 is 10.2 Å². The molecule has 0 heterocycles. The Bertz CT molecular complexity index is 709. The number of carbonyl (C=O) groups is 1. The summed E-state index contributed by atoms with van der Waals surface area (Å²) in [7, 11) is 0. The van der Waals surface area contributed by atoms with Gasteiger partial charge in [-0.2, -0.15) is 10.2 Å². The van der Waals surface area contributed by atoms with Crippen molar-refractivity contribution < 1.29 is 19.4 Å². The molecule has 0 amide bonds. The molecule has 0 atom stereocenters. The molecule has 0 spiro atoms. The number of hydrogen-bond acceptors (Lipinski definition) is 4. The number of rotatable bonds is 4. The first-order chi connectivity index (χ1) is 10.1. The van der Waals surface area contributed by atoms with Gasteiger partial charge in [-0.1, -0.05) is 12.1 Å². The number of carboxylic acids is 1. The van der Waals surface area contributed by atoms with E-state index in [0.717, 1.165) is 6.07 Å². The number of phenolic OH excluding ortho intramolecular Hbond substituents is 1. The Morgan fingerprint density at radius 2 is 1.57 bits per heavy atom. The van der Waals surface area contributed by atoms with Crippen molar-refractivity contribution >= 4 is 18.4 Å². The summed E-state index contributed by atoms with van der Waals surface area (Å²) in [6.07, 6.45) is 2.78. The molecule has 0 aromatic heterocycles. The number of hydrogen-bond donors (Lipinski definition) is 2. The third-order valence-corrected chi connectivity index (χ3v) is 2.61. The highest BCUT2D eigenvalue weighted by Crippen LogP contribution is 2.14. The van der Waals surface area contributed by atoms with Gasteiger partial charge in [-0.25, -0.2) is 9.18 Å². The second-order valence-electron chi connectivity index (χ2n) is 4.13.